The fourth-order valence-corrected chi connectivity index (χ4v) is 4.45. The minimum Gasteiger partial charge on any atom is -0.444 e. The Morgan fingerprint density at radius 3 is 2.26 bits per heavy atom. The molecule has 1 unspecified atom stereocenters. The van der Waals surface area contributed by atoms with E-state index in [0.29, 0.717) is 0 Å². The number of halogens is 3. The summed E-state index contributed by atoms with van der Waals surface area (Å²) in [7, 11) is 0. The zero-order valence-corrected chi connectivity index (χ0v) is 23.4. The predicted molar refractivity (Wildman–Crippen MR) is 133 cm³/mol. The van der Waals surface area contributed by atoms with Gasteiger partial charge in [0.1, 0.15) is 11.4 Å². The monoisotopic (exact) mass is 555 g/mol. The van der Waals surface area contributed by atoms with Gasteiger partial charge in [-0.05, 0) is 27.2 Å². The molecular weight excluding hydrogens is 519 g/mol. The second-order valence-corrected chi connectivity index (χ2v) is 12.1. The van der Waals surface area contributed by atoms with Crippen LogP contribution in [0.4, 0.5) is 18.0 Å². The fourth-order valence-electron chi connectivity index (χ4n) is 4.45. The maximum Gasteiger partial charge on any atom is 0.433 e. The molecule has 3 heterocycles. The first-order valence-corrected chi connectivity index (χ1v) is 12.8. The van der Waals surface area contributed by atoms with Gasteiger partial charge >= 0.3 is 12.3 Å². The van der Waals surface area contributed by atoms with E-state index in [1.165, 1.54) is 4.90 Å². The molecule has 2 aliphatic heterocycles. The van der Waals surface area contributed by atoms with Gasteiger partial charge in [0.15, 0.2) is 5.69 Å². The van der Waals surface area contributed by atoms with Gasteiger partial charge in [0.05, 0.1) is 18.3 Å². The Bertz CT molecular complexity index is 1160. The summed E-state index contributed by atoms with van der Waals surface area (Å²) in [6.07, 6.45) is -5.86. The summed E-state index contributed by atoms with van der Waals surface area (Å²) in [5, 5.41) is 2.57. The zero-order chi connectivity index (χ0) is 29.5. The lowest BCUT2D eigenvalue weighted by atomic mass is 9.93. The van der Waals surface area contributed by atoms with Crippen LogP contribution in [-0.2, 0) is 43.7 Å². The van der Waals surface area contributed by atoms with Crippen LogP contribution in [0.25, 0.3) is 0 Å². The molecule has 216 valence electrons. The molecule has 2 atom stereocenters. The number of imide groups is 1. The molecule has 39 heavy (non-hydrogen) atoms. The van der Waals surface area contributed by atoms with Crippen molar-refractivity contribution in [2.75, 3.05) is 13.1 Å². The first kappa shape index (κ1) is 30.3. The number of amides is 4. The van der Waals surface area contributed by atoms with Gasteiger partial charge < -0.3 is 15.0 Å². The van der Waals surface area contributed by atoms with Gasteiger partial charge in [-0.2, -0.15) is 13.2 Å². The van der Waals surface area contributed by atoms with Crippen molar-refractivity contribution in [3.05, 3.63) is 22.8 Å². The third-order valence-electron chi connectivity index (χ3n) is 6.37. The molecule has 1 aromatic rings. The molecule has 0 saturated carbocycles. The van der Waals surface area contributed by atoms with Crippen LogP contribution in [0, 0.1) is 5.92 Å². The molecule has 4 amide bonds. The number of ether oxygens (including phenoxy) is 1. The fraction of sp³-hybridized carbons (Fsp3) is 0.692. The Labute approximate surface area is 225 Å². The molecule has 1 aromatic heterocycles. The van der Waals surface area contributed by atoms with Crippen LogP contribution < -0.4 is 5.32 Å². The van der Waals surface area contributed by atoms with Crippen LogP contribution in [0.5, 0.6) is 0 Å². The SMILES string of the molecule is C[C@H]1CC(=O)N(CC(CC(=O)N2CCc3c(nc(C(C)(C)C)nc3C(F)(F)F)C2)NC(=O)OC(C)(C)C)C1=O. The summed E-state index contributed by atoms with van der Waals surface area (Å²) in [5.41, 5.74) is -2.49. The van der Waals surface area contributed by atoms with E-state index in [1.54, 1.807) is 48.5 Å². The van der Waals surface area contributed by atoms with Crippen LogP contribution in [0.2, 0.25) is 0 Å². The molecule has 0 spiro atoms. The number of rotatable bonds is 5. The average Bonchev–Trinajstić information content (AvgIpc) is 3.01. The lowest BCUT2D eigenvalue weighted by molar-refractivity contribution is -0.143. The highest BCUT2D eigenvalue weighted by Crippen LogP contribution is 2.35. The number of fused-ring (bicyclic) bond motifs is 1. The van der Waals surface area contributed by atoms with E-state index in [4.69, 9.17) is 4.74 Å². The lowest BCUT2D eigenvalue weighted by Crippen LogP contribution is -2.50. The van der Waals surface area contributed by atoms with Crippen molar-refractivity contribution in [2.24, 2.45) is 5.92 Å². The number of alkyl carbamates (subject to hydrolysis) is 1. The van der Waals surface area contributed by atoms with E-state index in [0.717, 1.165) is 4.90 Å². The second-order valence-electron chi connectivity index (χ2n) is 12.1. The van der Waals surface area contributed by atoms with Crippen molar-refractivity contribution in [3.8, 4) is 0 Å². The highest BCUT2D eigenvalue weighted by atomic mass is 19.4. The molecule has 10 nitrogen and oxygen atoms in total. The Morgan fingerprint density at radius 1 is 1.10 bits per heavy atom. The van der Waals surface area contributed by atoms with Crippen molar-refractivity contribution in [1.29, 1.82) is 0 Å². The van der Waals surface area contributed by atoms with E-state index >= 15 is 0 Å². The molecule has 0 aromatic carbocycles. The topological polar surface area (TPSA) is 122 Å². The summed E-state index contributed by atoms with van der Waals surface area (Å²) >= 11 is 0. The van der Waals surface area contributed by atoms with E-state index in [2.05, 4.69) is 15.3 Å². The summed E-state index contributed by atoms with van der Waals surface area (Å²) in [6.45, 7) is 11.3. The van der Waals surface area contributed by atoms with Crippen LogP contribution >= 0.6 is 0 Å². The minimum absolute atomic E-state index is 0.00902. The Balaban J connectivity index is 1.84. The third kappa shape index (κ3) is 7.45. The van der Waals surface area contributed by atoms with Crippen molar-refractivity contribution in [2.45, 2.75) is 97.5 Å². The van der Waals surface area contributed by atoms with E-state index in [1.807, 2.05) is 0 Å². The van der Waals surface area contributed by atoms with E-state index in [-0.39, 0.29) is 56.0 Å². The van der Waals surface area contributed by atoms with Crippen molar-refractivity contribution < 1.29 is 37.1 Å². The Morgan fingerprint density at radius 2 is 1.74 bits per heavy atom. The maximum atomic E-state index is 13.8. The molecule has 0 bridgehead atoms. The molecule has 2 aliphatic rings. The summed E-state index contributed by atoms with van der Waals surface area (Å²) in [4.78, 5) is 61.2. The number of aromatic nitrogens is 2. The molecule has 1 N–H and O–H groups in total. The average molecular weight is 556 g/mol. The molecule has 13 heteroatoms. The number of hydrogen-bond acceptors (Lipinski definition) is 7. The normalized spacial score (nSPS) is 19.2. The molecule has 1 saturated heterocycles. The van der Waals surface area contributed by atoms with E-state index in [9.17, 15) is 32.3 Å². The van der Waals surface area contributed by atoms with Crippen molar-refractivity contribution in [3.63, 3.8) is 0 Å². The van der Waals surface area contributed by atoms with Crippen LogP contribution in [0.15, 0.2) is 0 Å². The standard InChI is InChI=1S/C26H36F3N5O5/c1-14-10-19(36)34(21(14)37)12-15(30-23(38)39-25(5,6)7)11-18(35)33-9-8-16-17(13-33)31-22(24(2,3)4)32-20(16)26(27,28)29/h14-15H,8-13H2,1-7H3,(H,30,38)/t14-,15?/m0/s1. The third-order valence-corrected chi connectivity index (χ3v) is 6.37. The van der Waals surface area contributed by atoms with Crippen molar-refractivity contribution >= 4 is 23.8 Å². The molecule has 0 radical (unpaired) electrons. The summed E-state index contributed by atoms with van der Waals surface area (Å²) in [5.74, 6) is -1.77. The zero-order valence-electron chi connectivity index (χ0n) is 23.4. The predicted octanol–water partition coefficient (Wildman–Crippen LogP) is 3.36. The van der Waals surface area contributed by atoms with Crippen molar-refractivity contribution in [1.82, 2.24) is 25.1 Å². The minimum atomic E-state index is -4.67. The van der Waals surface area contributed by atoms with Gasteiger partial charge in [0.25, 0.3) is 0 Å². The molecule has 0 aliphatic carbocycles. The van der Waals surface area contributed by atoms with Crippen LogP contribution in [0.1, 0.15) is 84.1 Å². The van der Waals surface area contributed by atoms with Crippen LogP contribution in [-0.4, -0.2) is 68.3 Å². The first-order valence-electron chi connectivity index (χ1n) is 12.8. The quantitative estimate of drug-likeness (QED) is 0.553. The first-order chi connectivity index (χ1) is 17.8. The van der Waals surface area contributed by atoms with Crippen LogP contribution in [0.3, 0.4) is 0 Å². The smallest absolute Gasteiger partial charge is 0.433 e. The highest BCUT2D eigenvalue weighted by Gasteiger charge is 2.41. The maximum absolute atomic E-state index is 13.8. The Hall–Kier alpha value is -3.25. The highest BCUT2D eigenvalue weighted by molar-refractivity contribution is 6.03. The van der Waals surface area contributed by atoms with E-state index < -0.39 is 58.7 Å². The lowest BCUT2D eigenvalue weighted by Gasteiger charge is -2.32. The number of alkyl halides is 3. The van der Waals surface area contributed by atoms with Gasteiger partial charge in [0, 0.05) is 42.8 Å². The Kier molecular flexibility index (Phi) is 8.33. The number of nitrogens with zero attached hydrogens (tertiary/aromatic N) is 4. The molecule has 1 fully saturated rings. The largest absolute Gasteiger partial charge is 0.444 e. The number of hydrogen-bond donors (Lipinski definition) is 1. The molecule has 3 rings (SSSR count). The number of carbonyl (C=O) groups is 4. The summed E-state index contributed by atoms with van der Waals surface area (Å²) in [6, 6.07) is -0.965. The second kappa shape index (κ2) is 10.7. The van der Waals surface area contributed by atoms with Gasteiger partial charge in [0.2, 0.25) is 17.7 Å². The van der Waals surface area contributed by atoms with Gasteiger partial charge in [-0.1, -0.05) is 27.7 Å². The number of likely N-dealkylation sites (tertiary alicyclic amines) is 1. The van der Waals surface area contributed by atoms with Gasteiger partial charge in [-0.3, -0.25) is 19.3 Å². The molecular formula is C26H36F3N5O5. The number of carbonyl (C=O) groups excluding carboxylic acids is 4. The number of nitrogens with one attached hydrogen (secondary N) is 1. The summed E-state index contributed by atoms with van der Waals surface area (Å²) < 4.78 is 46.7. The van der Waals surface area contributed by atoms with Gasteiger partial charge in [-0.15, -0.1) is 0 Å². The van der Waals surface area contributed by atoms with Gasteiger partial charge in [-0.25, -0.2) is 14.8 Å².